The Bertz CT molecular complexity index is 1060. The lowest BCUT2D eigenvalue weighted by molar-refractivity contribution is 0.0552. The highest BCUT2D eigenvalue weighted by Gasteiger charge is 2.45. The van der Waals surface area contributed by atoms with Crippen LogP contribution in [0.4, 0.5) is 4.39 Å². The van der Waals surface area contributed by atoms with Crippen molar-refractivity contribution in [1.29, 1.82) is 0 Å². The van der Waals surface area contributed by atoms with E-state index in [1.807, 2.05) is 31.0 Å². The Morgan fingerprint density at radius 3 is 2.93 bits per heavy atom. The molecule has 1 atom stereocenters. The van der Waals surface area contributed by atoms with Crippen molar-refractivity contribution in [2.24, 2.45) is 7.05 Å². The summed E-state index contributed by atoms with van der Waals surface area (Å²) in [6.07, 6.45) is 5.62. The number of amides is 1. The minimum atomic E-state index is -0.619. The van der Waals surface area contributed by atoms with Crippen LogP contribution in [0, 0.1) is 5.82 Å². The zero-order chi connectivity index (χ0) is 21.3. The van der Waals surface area contributed by atoms with E-state index in [0.29, 0.717) is 30.3 Å². The zero-order valence-electron chi connectivity index (χ0n) is 17.7. The number of aryl methyl sites for hydroxylation is 2. The maximum atomic E-state index is 13.5. The highest BCUT2D eigenvalue weighted by molar-refractivity contribution is 5.93. The fraction of sp³-hybridized carbons (Fsp3) is 0.435. The molecule has 7 heteroatoms. The normalized spacial score (nSPS) is 18.9. The molecular formula is C23H27FN4O2. The summed E-state index contributed by atoms with van der Waals surface area (Å²) in [5.74, 6) is 0.847. The SMILES string of the molecule is CCCc1cc(C(=O)N2CCC[C@@]2(C)c2ncc(Cc3cccc(F)c3)o2)n(C)n1. The number of hydrogen-bond donors (Lipinski definition) is 0. The highest BCUT2D eigenvalue weighted by atomic mass is 19.1. The highest BCUT2D eigenvalue weighted by Crippen LogP contribution is 2.39. The average molecular weight is 410 g/mol. The molecule has 1 aromatic carbocycles. The van der Waals surface area contributed by atoms with E-state index in [9.17, 15) is 9.18 Å². The summed E-state index contributed by atoms with van der Waals surface area (Å²) in [6, 6.07) is 8.33. The van der Waals surface area contributed by atoms with Crippen LogP contribution in [0.25, 0.3) is 0 Å². The quantitative estimate of drug-likeness (QED) is 0.610. The molecule has 30 heavy (non-hydrogen) atoms. The van der Waals surface area contributed by atoms with Gasteiger partial charge in [-0.15, -0.1) is 0 Å². The van der Waals surface area contributed by atoms with Gasteiger partial charge in [0.05, 0.1) is 11.9 Å². The average Bonchev–Trinajstić information content (AvgIpc) is 3.41. The van der Waals surface area contributed by atoms with E-state index in [2.05, 4.69) is 17.0 Å². The van der Waals surface area contributed by atoms with Crippen LogP contribution in [0.5, 0.6) is 0 Å². The van der Waals surface area contributed by atoms with Gasteiger partial charge >= 0.3 is 0 Å². The van der Waals surface area contributed by atoms with Crippen molar-refractivity contribution in [3.8, 4) is 0 Å². The maximum Gasteiger partial charge on any atom is 0.273 e. The molecule has 0 saturated carbocycles. The van der Waals surface area contributed by atoms with Gasteiger partial charge in [0.25, 0.3) is 5.91 Å². The Morgan fingerprint density at radius 1 is 1.33 bits per heavy atom. The van der Waals surface area contributed by atoms with Crippen molar-refractivity contribution in [2.75, 3.05) is 6.54 Å². The van der Waals surface area contributed by atoms with Gasteiger partial charge in [0, 0.05) is 20.0 Å². The third-order valence-corrected chi connectivity index (χ3v) is 5.82. The lowest BCUT2D eigenvalue weighted by Gasteiger charge is -2.32. The first-order chi connectivity index (χ1) is 14.4. The first kappa shape index (κ1) is 20.3. The van der Waals surface area contributed by atoms with Crippen molar-refractivity contribution in [3.05, 3.63) is 70.9 Å². The molecule has 2 aromatic heterocycles. The van der Waals surface area contributed by atoms with Gasteiger partial charge in [-0.25, -0.2) is 9.37 Å². The number of nitrogens with zero attached hydrogens (tertiary/aromatic N) is 4. The molecule has 0 N–H and O–H groups in total. The summed E-state index contributed by atoms with van der Waals surface area (Å²) in [6.45, 7) is 4.74. The number of carbonyl (C=O) groups is 1. The minimum absolute atomic E-state index is 0.0581. The third kappa shape index (κ3) is 3.76. The molecule has 0 unspecified atom stereocenters. The number of benzene rings is 1. The lowest BCUT2D eigenvalue weighted by Crippen LogP contribution is -2.43. The molecule has 3 heterocycles. The zero-order valence-corrected chi connectivity index (χ0v) is 17.7. The maximum absolute atomic E-state index is 13.5. The summed E-state index contributed by atoms with van der Waals surface area (Å²) >= 11 is 0. The molecule has 3 aromatic rings. The Morgan fingerprint density at radius 2 is 2.17 bits per heavy atom. The molecule has 4 rings (SSSR count). The van der Waals surface area contributed by atoms with Gasteiger partial charge in [0.1, 0.15) is 22.8 Å². The monoisotopic (exact) mass is 410 g/mol. The van der Waals surface area contributed by atoms with E-state index in [4.69, 9.17) is 4.42 Å². The number of rotatable bonds is 6. The molecule has 0 radical (unpaired) electrons. The Hall–Kier alpha value is -2.96. The summed E-state index contributed by atoms with van der Waals surface area (Å²) in [5.41, 5.74) is 1.71. The molecule has 6 nitrogen and oxygen atoms in total. The van der Waals surface area contributed by atoms with Crippen LogP contribution in [0.15, 0.2) is 40.9 Å². The van der Waals surface area contributed by atoms with E-state index in [-0.39, 0.29) is 11.7 Å². The number of aromatic nitrogens is 3. The third-order valence-electron chi connectivity index (χ3n) is 5.82. The van der Waals surface area contributed by atoms with Crippen LogP contribution < -0.4 is 0 Å². The molecule has 1 aliphatic rings. The number of carbonyl (C=O) groups excluding carboxylic acids is 1. The number of hydrogen-bond acceptors (Lipinski definition) is 4. The smallest absolute Gasteiger partial charge is 0.273 e. The van der Waals surface area contributed by atoms with Crippen molar-refractivity contribution < 1.29 is 13.6 Å². The number of oxazole rings is 1. The summed E-state index contributed by atoms with van der Waals surface area (Å²) in [4.78, 5) is 19.7. The van der Waals surface area contributed by atoms with Crippen molar-refractivity contribution in [3.63, 3.8) is 0 Å². The predicted octanol–water partition coefficient (Wildman–Crippen LogP) is 4.24. The second-order valence-corrected chi connectivity index (χ2v) is 8.17. The van der Waals surface area contributed by atoms with Gasteiger partial charge < -0.3 is 9.32 Å². The van der Waals surface area contributed by atoms with Crippen LogP contribution in [0.1, 0.15) is 66.5 Å². The molecule has 158 valence electrons. The molecule has 0 bridgehead atoms. The Balaban J connectivity index is 1.57. The largest absolute Gasteiger partial charge is 0.443 e. The van der Waals surface area contributed by atoms with Gasteiger partial charge in [0.2, 0.25) is 5.89 Å². The molecule has 0 aliphatic carbocycles. The van der Waals surface area contributed by atoms with E-state index in [1.54, 1.807) is 16.9 Å². The van der Waals surface area contributed by atoms with E-state index in [1.165, 1.54) is 12.1 Å². The Kier molecular flexibility index (Phi) is 5.45. The lowest BCUT2D eigenvalue weighted by atomic mass is 9.98. The summed E-state index contributed by atoms with van der Waals surface area (Å²) in [7, 11) is 1.81. The topological polar surface area (TPSA) is 64.2 Å². The van der Waals surface area contributed by atoms with Gasteiger partial charge in [0.15, 0.2) is 0 Å². The number of halogens is 1. The van der Waals surface area contributed by atoms with Crippen molar-refractivity contribution in [1.82, 2.24) is 19.7 Å². The van der Waals surface area contributed by atoms with Crippen LogP contribution in [0.2, 0.25) is 0 Å². The number of likely N-dealkylation sites (tertiary alicyclic amines) is 1. The van der Waals surface area contributed by atoms with Crippen LogP contribution >= 0.6 is 0 Å². The fourth-order valence-corrected chi connectivity index (χ4v) is 4.24. The Labute approximate surface area is 175 Å². The van der Waals surface area contributed by atoms with Gasteiger partial charge in [-0.05, 0) is 49.9 Å². The molecule has 0 spiro atoms. The minimum Gasteiger partial charge on any atom is -0.443 e. The second-order valence-electron chi connectivity index (χ2n) is 8.17. The fourth-order valence-electron chi connectivity index (χ4n) is 4.24. The molecule has 1 aliphatic heterocycles. The molecule has 1 fully saturated rings. The summed E-state index contributed by atoms with van der Waals surface area (Å²) < 4.78 is 21.2. The predicted molar refractivity (Wildman–Crippen MR) is 111 cm³/mol. The van der Waals surface area contributed by atoms with Crippen LogP contribution in [-0.2, 0) is 25.4 Å². The van der Waals surface area contributed by atoms with Crippen molar-refractivity contribution in [2.45, 2.75) is 51.5 Å². The second kappa shape index (κ2) is 8.05. The van der Waals surface area contributed by atoms with E-state index >= 15 is 0 Å². The molecule has 1 saturated heterocycles. The first-order valence-corrected chi connectivity index (χ1v) is 10.4. The van der Waals surface area contributed by atoms with Gasteiger partial charge in [-0.3, -0.25) is 9.48 Å². The standard InChI is InChI=1S/C23H27FN4O2/c1-4-7-18-14-20(27(3)26-18)21(29)28-11-6-10-23(28,2)22-25-15-19(30-22)13-16-8-5-9-17(24)12-16/h5,8-9,12,14-15H,4,6-7,10-11,13H2,1-3H3/t23-/m0/s1. The van der Waals surface area contributed by atoms with Gasteiger partial charge in [-0.2, -0.15) is 5.10 Å². The molecular weight excluding hydrogens is 383 g/mol. The van der Waals surface area contributed by atoms with E-state index < -0.39 is 5.54 Å². The first-order valence-electron chi connectivity index (χ1n) is 10.4. The summed E-state index contributed by atoms with van der Waals surface area (Å²) in [5, 5.41) is 4.47. The van der Waals surface area contributed by atoms with Crippen LogP contribution in [-0.4, -0.2) is 32.1 Å². The van der Waals surface area contributed by atoms with Crippen LogP contribution in [0.3, 0.4) is 0 Å². The van der Waals surface area contributed by atoms with Gasteiger partial charge in [-0.1, -0.05) is 25.5 Å². The molecule has 1 amide bonds. The van der Waals surface area contributed by atoms with Crippen molar-refractivity contribution >= 4 is 5.91 Å². The van der Waals surface area contributed by atoms with E-state index in [0.717, 1.165) is 36.9 Å².